The number of piperidine rings is 1. The van der Waals surface area contributed by atoms with Crippen LogP contribution in [-0.4, -0.2) is 51.8 Å². The molecule has 0 unspecified atom stereocenters. The summed E-state index contributed by atoms with van der Waals surface area (Å²) in [7, 11) is 1.90. The number of aromatic nitrogens is 2. The van der Waals surface area contributed by atoms with Gasteiger partial charge in [0, 0.05) is 18.5 Å². The molecule has 0 spiro atoms. The first-order valence-corrected chi connectivity index (χ1v) is 7.68. The summed E-state index contributed by atoms with van der Waals surface area (Å²) in [5, 5.41) is 6.06. The van der Waals surface area contributed by atoms with E-state index in [0.29, 0.717) is 5.92 Å². The first-order valence-electron chi connectivity index (χ1n) is 7.68. The Morgan fingerprint density at radius 2 is 1.95 bits per heavy atom. The molecular weight excluding hydrogens is 262 g/mol. The zero-order valence-electron chi connectivity index (χ0n) is 13.5. The Hall–Kier alpha value is -1.62. The monoisotopic (exact) mass is 287 g/mol. The minimum absolute atomic E-state index is 0.261. The molecule has 0 amide bonds. The van der Waals surface area contributed by atoms with Gasteiger partial charge in [0.05, 0.1) is 17.6 Å². The van der Waals surface area contributed by atoms with Gasteiger partial charge in [0.25, 0.3) is 0 Å². The maximum Gasteiger partial charge on any atom is 0.115 e. The van der Waals surface area contributed by atoms with Crippen LogP contribution in [0.2, 0.25) is 0 Å². The molecule has 5 heteroatoms. The van der Waals surface area contributed by atoms with Crippen molar-refractivity contribution in [3.05, 3.63) is 23.8 Å². The number of hydrazone groups is 1. The molecule has 0 saturated carbocycles. The van der Waals surface area contributed by atoms with Gasteiger partial charge in [-0.25, -0.2) is 4.98 Å². The van der Waals surface area contributed by atoms with E-state index in [1.165, 1.54) is 0 Å². The van der Waals surface area contributed by atoms with Crippen molar-refractivity contribution in [2.45, 2.75) is 45.1 Å². The van der Waals surface area contributed by atoms with Crippen molar-refractivity contribution in [2.75, 3.05) is 20.1 Å². The maximum absolute atomic E-state index is 4.79. The van der Waals surface area contributed by atoms with Crippen LogP contribution in [0, 0.1) is 0 Å². The second-order valence-electron chi connectivity index (χ2n) is 7.03. The molecule has 1 aromatic heterocycles. The molecule has 2 aliphatic heterocycles. The van der Waals surface area contributed by atoms with Gasteiger partial charge in [-0.2, -0.15) is 5.10 Å². The number of hydrogen-bond donors (Lipinski definition) is 1. The Balaban J connectivity index is 1.74. The van der Waals surface area contributed by atoms with E-state index in [9.17, 15) is 0 Å². The summed E-state index contributed by atoms with van der Waals surface area (Å²) in [4.78, 5) is 10.8. The first-order chi connectivity index (χ1) is 9.86. The van der Waals surface area contributed by atoms with Gasteiger partial charge in [-0.15, -0.1) is 0 Å². The molecule has 0 aromatic carbocycles. The fourth-order valence-corrected chi connectivity index (χ4v) is 3.10. The number of rotatable bonds is 1. The van der Waals surface area contributed by atoms with E-state index in [0.717, 1.165) is 48.8 Å². The van der Waals surface area contributed by atoms with Crippen LogP contribution in [0.4, 0.5) is 0 Å². The molecular formula is C16H25N5. The Labute approximate surface area is 126 Å². The number of imidazole rings is 1. The van der Waals surface area contributed by atoms with Crippen LogP contribution in [0.25, 0.3) is 5.70 Å². The van der Waals surface area contributed by atoms with Crippen LogP contribution in [0.15, 0.2) is 11.7 Å². The van der Waals surface area contributed by atoms with Gasteiger partial charge >= 0.3 is 0 Å². The molecule has 3 rings (SSSR count). The van der Waals surface area contributed by atoms with Crippen LogP contribution in [-0.2, 0) is 0 Å². The molecule has 0 bridgehead atoms. The SMILES string of the molecule is C=C1c2nc(C3CCN(C(C)(C)C)CC3)[nH]c2C=NN1C. The van der Waals surface area contributed by atoms with Crippen LogP contribution in [0.3, 0.4) is 0 Å². The summed E-state index contributed by atoms with van der Waals surface area (Å²) in [5.74, 6) is 1.61. The third-order valence-electron chi connectivity index (χ3n) is 4.60. The van der Waals surface area contributed by atoms with Gasteiger partial charge in [0.1, 0.15) is 11.5 Å². The Morgan fingerprint density at radius 3 is 2.57 bits per heavy atom. The standard InChI is InChI=1S/C16H25N5/c1-11-14-13(10-17-20(11)5)18-15(19-14)12-6-8-21(9-7-12)16(2,3)4/h10,12H,1,6-9H2,2-5H3,(H,18,19). The molecule has 2 aliphatic rings. The maximum atomic E-state index is 4.79. The van der Waals surface area contributed by atoms with Crippen LogP contribution < -0.4 is 0 Å². The van der Waals surface area contributed by atoms with E-state index in [1.54, 1.807) is 5.01 Å². The van der Waals surface area contributed by atoms with Crippen LogP contribution in [0.5, 0.6) is 0 Å². The number of hydrogen-bond acceptors (Lipinski definition) is 4. The average Bonchev–Trinajstić information content (AvgIpc) is 2.87. The Kier molecular flexibility index (Phi) is 3.40. The second kappa shape index (κ2) is 4.98. The topological polar surface area (TPSA) is 47.5 Å². The molecule has 1 N–H and O–H groups in total. The van der Waals surface area contributed by atoms with Gasteiger partial charge in [-0.1, -0.05) is 6.58 Å². The van der Waals surface area contributed by atoms with Crippen molar-refractivity contribution in [1.29, 1.82) is 0 Å². The van der Waals surface area contributed by atoms with Gasteiger partial charge in [0.15, 0.2) is 0 Å². The highest BCUT2D eigenvalue weighted by atomic mass is 15.4. The summed E-state index contributed by atoms with van der Waals surface area (Å²) in [6.07, 6.45) is 4.15. The second-order valence-corrected chi connectivity index (χ2v) is 7.03. The van der Waals surface area contributed by atoms with Gasteiger partial charge in [0.2, 0.25) is 0 Å². The van der Waals surface area contributed by atoms with Crippen molar-refractivity contribution in [3.8, 4) is 0 Å². The van der Waals surface area contributed by atoms with Gasteiger partial charge in [-0.3, -0.25) is 9.91 Å². The normalized spacial score (nSPS) is 21.0. The van der Waals surface area contributed by atoms with E-state index >= 15 is 0 Å². The minimum atomic E-state index is 0.261. The number of likely N-dealkylation sites (tertiary alicyclic amines) is 1. The molecule has 1 aromatic rings. The number of nitrogens with one attached hydrogen (secondary N) is 1. The van der Waals surface area contributed by atoms with Crippen molar-refractivity contribution < 1.29 is 0 Å². The lowest BCUT2D eigenvalue weighted by Crippen LogP contribution is -2.45. The molecule has 3 heterocycles. The van der Waals surface area contributed by atoms with Gasteiger partial charge < -0.3 is 4.98 Å². The summed E-state index contributed by atoms with van der Waals surface area (Å²) >= 11 is 0. The largest absolute Gasteiger partial charge is 0.340 e. The fraction of sp³-hybridized carbons (Fsp3) is 0.625. The van der Waals surface area contributed by atoms with Crippen molar-refractivity contribution in [2.24, 2.45) is 5.10 Å². The van der Waals surface area contributed by atoms with E-state index in [4.69, 9.17) is 4.98 Å². The van der Waals surface area contributed by atoms with Crippen molar-refractivity contribution in [1.82, 2.24) is 19.9 Å². The van der Waals surface area contributed by atoms with Gasteiger partial charge in [-0.05, 0) is 46.7 Å². The van der Waals surface area contributed by atoms with Crippen molar-refractivity contribution in [3.63, 3.8) is 0 Å². The molecule has 0 radical (unpaired) electrons. The third kappa shape index (κ3) is 2.62. The lowest BCUT2D eigenvalue weighted by Gasteiger charge is -2.40. The summed E-state index contributed by atoms with van der Waals surface area (Å²) < 4.78 is 0. The predicted molar refractivity (Wildman–Crippen MR) is 86.3 cm³/mol. The lowest BCUT2D eigenvalue weighted by atomic mass is 9.92. The minimum Gasteiger partial charge on any atom is -0.340 e. The predicted octanol–water partition coefficient (Wildman–Crippen LogP) is 2.64. The van der Waals surface area contributed by atoms with E-state index in [2.05, 4.69) is 42.3 Å². The summed E-state index contributed by atoms with van der Waals surface area (Å²) in [6.45, 7) is 13.2. The quantitative estimate of drug-likeness (QED) is 0.864. The van der Waals surface area contributed by atoms with Crippen LogP contribution in [0.1, 0.15) is 56.7 Å². The molecule has 1 fully saturated rings. The zero-order valence-corrected chi connectivity index (χ0v) is 13.5. The Morgan fingerprint density at radius 1 is 1.29 bits per heavy atom. The highest BCUT2D eigenvalue weighted by Crippen LogP contribution is 2.31. The van der Waals surface area contributed by atoms with Crippen LogP contribution >= 0.6 is 0 Å². The molecule has 0 aliphatic carbocycles. The molecule has 5 nitrogen and oxygen atoms in total. The number of aromatic amines is 1. The number of nitrogens with zero attached hydrogens (tertiary/aromatic N) is 4. The van der Waals surface area contributed by atoms with E-state index in [1.807, 2.05) is 13.3 Å². The highest BCUT2D eigenvalue weighted by molar-refractivity contribution is 5.87. The molecule has 21 heavy (non-hydrogen) atoms. The Bertz CT molecular complexity index is 570. The van der Waals surface area contributed by atoms with E-state index < -0.39 is 0 Å². The smallest absolute Gasteiger partial charge is 0.115 e. The van der Waals surface area contributed by atoms with E-state index in [-0.39, 0.29) is 5.54 Å². The first kappa shape index (κ1) is 14.3. The average molecular weight is 287 g/mol. The lowest BCUT2D eigenvalue weighted by molar-refractivity contribution is 0.101. The molecule has 114 valence electrons. The number of H-pyrrole nitrogens is 1. The third-order valence-corrected chi connectivity index (χ3v) is 4.60. The summed E-state index contributed by atoms with van der Waals surface area (Å²) in [5.41, 5.74) is 3.06. The zero-order chi connectivity index (χ0) is 15.2. The molecule has 0 atom stereocenters. The fourth-order valence-electron chi connectivity index (χ4n) is 3.10. The van der Waals surface area contributed by atoms with Crippen molar-refractivity contribution >= 4 is 11.9 Å². The highest BCUT2D eigenvalue weighted by Gasteiger charge is 2.30. The number of fused-ring (bicyclic) bond motifs is 1. The molecule has 1 saturated heterocycles. The summed E-state index contributed by atoms with van der Waals surface area (Å²) in [6, 6.07) is 0.